The van der Waals surface area contributed by atoms with Crippen LogP contribution in [0, 0.1) is 5.41 Å². The Morgan fingerprint density at radius 1 is 1.40 bits per heavy atom. The van der Waals surface area contributed by atoms with Crippen LogP contribution in [0.2, 0.25) is 0 Å². The fourth-order valence-electron chi connectivity index (χ4n) is 2.37. The second-order valence-electron chi connectivity index (χ2n) is 6.00. The third-order valence-electron chi connectivity index (χ3n) is 3.33. The van der Waals surface area contributed by atoms with Crippen LogP contribution in [0.3, 0.4) is 0 Å². The van der Waals surface area contributed by atoms with E-state index >= 15 is 0 Å². The predicted molar refractivity (Wildman–Crippen MR) is 77.0 cm³/mol. The zero-order valence-electron chi connectivity index (χ0n) is 12.7. The largest absolute Gasteiger partial charge is 0.376 e. The summed E-state index contributed by atoms with van der Waals surface area (Å²) in [5.41, 5.74) is 4.53. The maximum absolute atomic E-state index is 5.86. The van der Waals surface area contributed by atoms with Gasteiger partial charge in [0.15, 0.2) is 5.82 Å². The van der Waals surface area contributed by atoms with Gasteiger partial charge in [-0.2, -0.15) is 0 Å². The van der Waals surface area contributed by atoms with Crippen molar-refractivity contribution in [2.45, 2.75) is 46.8 Å². The molecule has 0 fully saturated rings. The minimum Gasteiger partial charge on any atom is -0.376 e. The lowest BCUT2D eigenvalue weighted by Gasteiger charge is -2.30. The van der Waals surface area contributed by atoms with Crippen LogP contribution < -0.4 is 11.3 Å². The van der Waals surface area contributed by atoms with Crippen molar-refractivity contribution >= 4 is 5.82 Å². The minimum absolute atomic E-state index is 0.0821. The Balaban J connectivity index is 2.45. The molecule has 0 aromatic carbocycles. The summed E-state index contributed by atoms with van der Waals surface area (Å²) < 4.78 is 11.3. The smallest absolute Gasteiger partial charge is 0.160 e. The highest BCUT2D eigenvalue weighted by molar-refractivity contribution is 5.46. The topological polar surface area (TPSA) is 82.3 Å². The van der Waals surface area contributed by atoms with E-state index in [1.807, 2.05) is 6.92 Å². The van der Waals surface area contributed by atoms with Crippen molar-refractivity contribution in [2.24, 2.45) is 11.3 Å². The minimum atomic E-state index is -0.159. The molecule has 1 aliphatic rings. The van der Waals surface area contributed by atoms with Crippen LogP contribution >= 0.6 is 0 Å². The van der Waals surface area contributed by atoms with E-state index in [0.717, 1.165) is 17.7 Å². The van der Waals surface area contributed by atoms with Crippen LogP contribution in [0.15, 0.2) is 0 Å². The molecule has 3 N–H and O–H groups in total. The van der Waals surface area contributed by atoms with Crippen LogP contribution in [0.25, 0.3) is 0 Å². The SMILES string of the molecule is CCOC(c1nc2c(c(NN)n1)COCC2)C(C)(C)C. The van der Waals surface area contributed by atoms with Gasteiger partial charge in [0.1, 0.15) is 11.9 Å². The molecule has 2 rings (SSSR count). The number of nitrogens with one attached hydrogen (secondary N) is 1. The van der Waals surface area contributed by atoms with E-state index in [4.69, 9.17) is 20.3 Å². The number of nitrogen functional groups attached to an aromatic ring is 1. The van der Waals surface area contributed by atoms with Crippen LogP contribution in [0.5, 0.6) is 0 Å². The normalized spacial score (nSPS) is 16.6. The maximum Gasteiger partial charge on any atom is 0.160 e. The predicted octanol–water partition coefficient (Wildman–Crippen LogP) is 1.96. The molecule has 6 nitrogen and oxygen atoms in total. The Morgan fingerprint density at radius 2 is 2.15 bits per heavy atom. The molecule has 0 amide bonds. The molecule has 112 valence electrons. The van der Waals surface area contributed by atoms with Gasteiger partial charge in [-0.1, -0.05) is 20.8 Å². The zero-order chi connectivity index (χ0) is 14.8. The Kier molecular flexibility index (Phi) is 4.57. The Morgan fingerprint density at radius 3 is 2.75 bits per heavy atom. The fourth-order valence-corrected chi connectivity index (χ4v) is 2.37. The number of rotatable bonds is 4. The molecular formula is C14H24N4O2. The van der Waals surface area contributed by atoms with Crippen molar-refractivity contribution < 1.29 is 9.47 Å². The second-order valence-corrected chi connectivity index (χ2v) is 6.00. The summed E-state index contributed by atoms with van der Waals surface area (Å²) in [6, 6.07) is 0. The molecule has 20 heavy (non-hydrogen) atoms. The number of nitrogens with zero attached hydrogens (tertiary/aromatic N) is 2. The van der Waals surface area contributed by atoms with Gasteiger partial charge in [-0.05, 0) is 12.3 Å². The lowest BCUT2D eigenvalue weighted by Crippen LogP contribution is -2.27. The van der Waals surface area contributed by atoms with E-state index in [1.54, 1.807) is 0 Å². The van der Waals surface area contributed by atoms with Crippen molar-refractivity contribution in [3.05, 3.63) is 17.1 Å². The monoisotopic (exact) mass is 280 g/mol. The standard InChI is InChI=1S/C14H24N4O2/c1-5-20-11(14(2,3)4)13-16-10-6-7-19-8-9(10)12(17-13)18-15/h11H,5-8,15H2,1-4H3,(H,16,17,18). The maximum atomic E-state index is 5.86. The van der Waals surface area contributed by atoms with Crippen LogP contribution in [0.4, 0.5) is 5.82 Å². The first-order chi connectivity index (χ1) is 9.47. The van der Waals surface area contributed by atoms with E-state index in [9.17, 15) is 0 Å². The average molecular weight is 280 g/mol. The molecule has 1 aromatic heterocycles. The molecule has 1 aromatic rings. The third kappa shape index (κ3) is 3.08. The van der Waals surface area contributed by atoms with Crippen LogP contribution in [-0.2, 0) is 22.5 Å². The number of hydrazine groups is 1. The highest BCUT2D eigenvalue weighted by Crippen LogP contribution is 2.35. The number of anilines is 1. The lowest BCUT2D eigenvalue weighted by molar-refractivity contribution is -0.0194. The molecule has 0 spiro atoms. The molecule has 0 saturated heterocycles. The average Bonchev–Trinajstić information content (AvgIpc) is 2.42. The second kappa shape index (κ2) is 6.03. The van der Waals surface area contributed by atoms with Crippen molar-refractivity contribution in [1.29, 1.82) is 0 Å². The van der Waals surface area contributed by atoms with Crippen molar-refractivity contribution in [2.75, 3.05) is 18.6 Å². The van der Waals surface area contributed by atoms with Crippen LogP contribution in [0.1, 0.15) is 50.9 Å². The molecule has 0 saturated carbocycles. The van der Waals surface area contributed by atoms with Gasteiger partial charge in [-0.25, -0.2) is 15.8 Å². The highest BCUT2D eigenvalue weighted by atomic mass is 16.5. The molecule has 1 aliphatic heterocycles. The zero-order valence-corrected chi connectivity index (χ0v) is 12.7. The third-order valence-corrected chi connectivity index (χ3v) is 3.33. The number of nitrogens with two attached hydrogens (primary N) is 1. The first-order valence-corrected chi connectivity index (χ1v) is 7.03. The number of hydrogen-bond acceptors (Lipinski definition) is 6. The van der Waals surface area contributed by atoms with Gasteiger partial charge in [-0.15, -0.1) is 0 Å². The van der Waals surface area contributed by atoms with Gasteiger partial charge >= 0.3 is 0 Å². The summed E-state index contributed by atoms with van der Waals surface area (Å²) in [5, 5.41) is 0. The summed E-state index contributed by atoms with van der Waals surface area (Å²) in [4.78, 5) is 9.23. The van der Waals surface area contributed by atoms with E-state index in [1.165, 1.54) is 0 Å². The highest BCUT2D eigenvalue weighted by Gasteiger charge is 2.31. The molecule has 0 radical (unpaired) electrons. The number of aromatic nitrogens is 2. The van der Waals surface area contributed by atoms with Crippen molar-refractivity contribution in [3.8, 4) is 0 Å². The molecule has 0 aliphatic carbocycles. The van der Waals surface area contributed by atoms with E-state index in [2.05, 4.69) is 31.2 Å². The Hall–Kier alpha value is -1.24. The van der Waals surface area contributed by atoms with E-state index < -0.39 is 0 Å². The number of hydrogen-bond donors (Lipinski definition) is 2. The van der Waals surface area contributed by atoms with Crippen LogP contribution in [-0.4, -0.2) is 23.2 Å². The Labute approximate surface area is 120 Å². The van der Waals surface area contributed by atoms with E-state index in [-0.39, 0.29) is 11.5 Å². The summed E-state index contributed by atoms with van der Waals surface area (Å²) in [7, 11) is 0. The van der Waals surface area contributed by atoms with Gasteiger partial charge in [0.2, 0.25) is 0 Å². The Bertz CT molecular complexity index is 454. The van der Waals surface area contributed by atoms with Gasteiger partial charge < -0.3 is 14.9 Å². The summed E-state index contributed by atoms with van der Waals surface area (Å²) >= 11 is 0. The van der Waals surface area contributed by atoms with Gasteiger partial charge in [0.05, 0.1) is 18.9 Å². The molecule has 6 heteroatoms. The molecular weight excluding hydrogens is 256 g/mol. The first kappa shape index (κ1) is 15.2. The quantitative estimate of drug-likeness (QED) is 0.648. The summed E-state index contributed by atoms with van der Waals surface area (Å²) in [6.07, 6.45) is 0.621. The summed E-state index contributed by atoms with van der Waals surface area (Å²) in [6.45, 7) is 10.1. The number of ether oxygens (including phenoxy) is 2. The lowest BCUT2D eigenvalue weighted by atomic mass is 9.88. The van der Waals surface area contributed by atoms with Gasteiger partial charge in [0.25, 0.3) is 0 Å². The van der Waals surface area contributed by atoms with Crippen molar-refractivity contribution in [3.63, 3.8) is 0 Å². The molecule has 1 unspecified atom stereocenters. The van der Waals surface area contributed by atoms with Crippen molar-refractivity contribution in [1.82, 2.24) is 9.97 Å². The first-order valence-electron chi connectivity index (χ1n) is 7.03. The fraction of sp³-hybridized carbons (Fsp3) is 0.714. The summed E-state index contributed by atoms with van der Waals surface area (Å²) in [5.74, 6) is 6.91. The van der Waals surface area contributed by atoms with Gasteiger partial charge in [0, 0.05) is 18.6 Å². The molecule has 2 heterocycles. The van der Waals surface area contributed by atoms with E-state index in [0.29, 0.717) is 31.5 Å². The number of fused-ring (bicyclic) bond motifs is 1. The molecule has 1 atom stereocenters. The molecule has 0 bridgehead atoms. The van der Waals surface area contributed by atoms with Gasteiger partial charge in [-0.3, -0.25) is 0 Å².